The first-order chi connectivity index (χ1) is 8.91. The van der Waals surface area contributed by atoms with E-state index in [0.29, 0.717) is 22.3 Å². The molecule has 19 heavy (non-hydrogen) atoms. The lowest BCUT2D eigenvalue weighted by molar-refractivity contribution is 0.103. The van der Waals surface area contributed by atoms with Gasteiger partial charge in [-0.3, -0.25) is 4.79 Å². The molecule has 2 rings (SSSR count). The summed E-state index contributed by atoms with van der Waals surface area (Å²) < 4.78 is 14.5. The first-order valence-electron chi connectivity index (χ1n) is 5.98. The molecule has 0 aliphatic heterocycles. The van der Waals surface area contributed by atoms with Crippen LogP contribution in [0.1, 0.15) is 32.6 Å². The van der Waals surface area contributed by atoms with Crippen LogP contribution >= 0.6 is 15.9 Å². The number of benzene rings is 2. The summed E-state index contributed by atoms with van der Waals surface area (Å²) in [6.45, 7) is 5.24. The molecule has 2 aromatic carbocycles. The number of hydrogen-bond acceptors (Lipinski definition) is 1. The number of carbonyl (C=O) groups is 1. The van der Waals surface area contributed by atoms with Crippen LogP contribution in [0.5, 0.6) is 0 Å². The van der Waals surface area contributed by atoms with Gasteiger partial charge in [0.05, 0.1) is 0 Å². The van der Waals surface area contributed by atoms with E-state index < -0.39 is 0 Å². The maximum Gasteiger partial charge on any atom is 0.193 e. The second kappa shape index (κ2) is 5.25. The molecule has 0 unspecified atom stereocenters. The highest BCUT2D eigenvalue weighted by molar-refractivity contribution is 9.10. The van der Waals surface area contributed by atoms with Gasteiger partial charge in [-0.05, 0) is 55.7 Å². The van der Waals surface area contributed by atoms with Gasteiger partial charge in [-0.2, -0.15) is 0 Å². The van der Waals surface area contributed by atoms with E-state index in [1.165, 1.54) is 0 Å². The van der Waals surface area contributed by atoms with Gasteiger partial charge in [0.2, 0.25) is 0 Å². The van der Waals surface area contributed by atoms with Gasteiger partial charge in [-0.1, -0.05) is 28.1 Å². The van der Waals surface area contributed by atoms with E-state index in [2.05, 4.69) is 15.9 Å². The summed E-state index contributed by atoms with van der Waals surface area (Å²) in [7, 11) is 0. The van der Waals surface area contributed by atoms with Crippen LogP contribution in [-0.4, -0.2) is 5.78 Å². The Balaban J connectivity index is 2.53. The standard InChI is InChI=1S/C16H14BrFO/c1-9-7-12(8-10(2)15(9)18)16(19)13-5-4-6-14(17)11(13)3/h4-8H,1-3H3. The molecule has 0 saturated heterocycles. The zero-order chi connectivity index (χ0) is 14.2. The van der Waals surface area contributed by atoms with Crippen molar-refractivity contribution in [1.82, 2.24) is 0 Å². The molecule has 3 heteroatoms. The molecule has 0 N–H and O–H groups in total. The fourth-order valence-corrected chi connectivity index (χ4v) is 2.45. The Hall–Kier alpha value is -1.48. The summed E-state index contributed by atoms with van der Waals surface area (Å²) in [5, 5.41) is 0. The average Bonchev–Trinajstić information content (AvgIpc) is 2.38. The van der Waals surface area contributed by atoms with Gasteiger partial charge in [0, 0.05) is 15.6 Å². The first-order valence-corrected chi connectivity index (χ1v) is 6.77. The number of ketones is 1. The lowest BCUT2D eigenvalue weighted by Gasteiger charge is -2.09. The van der Waals surface area contributed by atoms with Crippen LogP contribution in [-0.2, 0) is 0 Å². The van der Waals surface area contributed by atoms with Crippen LogP contribution in [0.2, 0.25) is 0 Å². The molecule has 98 valence electrons. The van der Waals surface area contributed by atoms with Crippen molar-refractivity contribution in [3.05, 3.63) is 68.4 Å². The number of hydrogen-bond donors (Lipinski definition) is 0. The van der Waals surface area contributed by atoms with Crippen molar-refractivity contribution in [1.29, 1.82) is 0 Å². The number of aryl methyl sites for hydroxylation is 2. The largest absolute Gasteiger partial charge is 0.289 e. The normalized spacial score (nSPS) is 10.6. The second-order valence-corrected chi connectivity index (χ2v) is 5.52. The summed E-state index contributed by atoms with van der Waals surface area (Å²) in [5.41, 5.74) is 3.05. The summed E-state index contributed by atoms with van der Waals surface area (Å²) in [6.07, 6.45) is 0. The van der Waals surface area contributed by atoms with Crippen molar-refractivity contribution >= 4 is 21.7 Å². The minimum Gasteiger partial charge on any atom is -0.289 e. The predicted octanol–water partition coefficient (Wildman–Crippen LogP) is 4.74. The first kappa shape index (κ1) is 13.9. The molecule has 0 spiro atoms. The van der Waals surface area contributed by atoms with E-state index in [1.54, 1.807) is 32.0 Å². The third-order valence-electron chi connectivity index (χ3n) is 3.21. The summed E-state index contributed by atoms with van der Waals surface area (Å²) >= 11 is 3.42. The molecule has 0 aromatic heterocycles. The van der Waals surface area contributed by atoms with Crippen LogP contribution in [0.15, 0.2) is 34.8 Å². The highest BCUT2D eigenvalue weighted by atomic mass is 79.9. The van der Waals surface area contributed by atoms with Crippen molar-refractivity contribution in [2.45, 2.75) is 20.8 Å². The molecule has 0 fully saturated rings. The number of carbonyl (C=O) groups excluding carboxylic acids is 1. The van der Waals surface area contributed by atoms with Crippen LogP contribution in [0, 0.1) is 26.6 Å². The molecule has 2 aromatic rings. The van der Waals surface area contributed by atoms with E-state index in [4.69, 9.17) is 0 Å². The molecule has 0 aliphatic carbocycles. The van der Waals surface area contributed by atoms with Gasteiger partial charge in [0.1, 0.15) is 5.82 Å². The molecule has 0 aliphatic rings. The Labute approximate surface area is 120 Å². The highest BCUT2D eigenvalue weighted by Crippen LogP contribution is 2.23. The Kier molecular flexibility index (Phi) is 3.85. The van der Waals surface area contributed by atoms with Crippen LogP contribution in [0.4, 0.5) is 4.39 Å². The smallest absolute Gasteiger partial charge is 0.193 e. The highest BCUT2D eigenvalue weighted by Gasteiger charge is 2.15. The third-order valence-corrected chi connectivity index (χ3v) is 4.07. The monoisotopic (exact) mass is 320 g/mol. The zero-order valence-electron chi connectivity index (χ0n) is 11.1. The predicted molar refractivity (Wildman–Crippen MR) is 78.2 cm³/mol. The van der Waals surface area contributed by atoms with Crippen molar-refractivity contribution < 1.29 is 9.18 Å². The van der Waals surface area contributed by atoms with Crippen molar-refractivity contribution in [2.24, 2.45) is 0 Å². The molecular formula is C16H14BrFO. The van der Waals surface area contributed by atoms with E-state index in [-0.39, 0.29) is 11.6 Å². The lowest BCUT2D eigenvalue weighted by Crippen LogP contribution is -2.06. The topological polar surface area (TPSA) is 17.1 Å². The minimum absolute atomic E-state index is 0.0787. The van der Waals surface area contributed by atoms with Gasteiger partial charge in [0.15, 0.2) is 5.78 Å². The fraction of sp³-hybridized carbons (Fsp3) is 0.188. The molecule has 0 heterocycles. The Bertz CT molecular complexity index is 639. The fourth-order valence-electron chi connectivity index (χ4n) is 2.09. The van der Waals surface area contributed by atoms with E-state index in [0.717, 1.165) is 10.0 Å². The average molecular weight is 321 g/mol. The molecule has 1 nitrogen and oxygen atoms in total. The molecule has 0 amide bonds. The van der Waals surface area contributed by atoms with Gasteiger partial charge in [-0.25, -0.2) is 4.39 Å². The molecule has 0 atom stereocenters. The third kappa shape index (κ3) is 2.61. The van der Waals surface area contributed by atoms with E-state index in [9.17, 15) is 9.18 Å². The van der Waals surface area contributed by atoms with Crippen molar-refractivity contribution in [2.75, 3.05) is 0 Å². The van der Waals surface area contributed by atoms with Gasteiger partial charge < -0.3 is 0 Å². The SMILES string of the molecule is Cc1cc(C(=O)c2cccc(Br)c2C)cc(C)c1F. The van der Waals surface area contributed by atoms with Crippen LogP contribution in [0.25, 0.3) is 0 Å². The zero-order valence-corrected chi connectivity index (χ0v) is 12.6. The van der Waals surface area contributed by atoms with E-state index in [1.807, 2.05) is 19.1 Å². The maximum absolute atomic E-state index is 13.6. The van der Waals surface area contributed by atoms with Crippen molar-refractivity contribution in [3.8, 4) is 0 Å². The molecule has 0 radical (unpaired) electrons. The Morgan fingerprint density at radius 2 is 1.68 bits per heavy atom. The summed E-state index contributed by atoms with van der Waals surface area (Å²) in [5.74, 6) is -0.326. The van der Waals surface area contributed by atoms with Crippen LogP contribution in [0.3, 0.4) is 0 Å². The quantitative estimate of drug-likeness (QED) is 0.730. The van der Waals surface area contributed by atoms with Gasteiger partial charge >= 0.3 is 0 Å². The van der Waals surface area contributed by atoms with Crippen molar-refractivity contribution in [3.63, 3.8) is 0 Å². The maximum atomic E-state index is 13.6. The Morgan fingerprint density at radius 3 is 2.26 bits per heavy atom. The Morgan fingerprint density at radius 1 is 1.11 bits per heavy atom. The number of rotatable bonds is 2. The van der Waals surface area contributed by atoms with Gasteiger partial charge in [0.25, 0.3) is 0 Å². The molecule has 0 bridgehead atoms. The lowest BCUT2D eigenvalue weighted by atomic mass is 9.96. The number of halogens is 2. The van der Waals surface area contributed by atoms with Crippen LogP contribution < -0.4 is 0 Å². The molecular weight excluding hydrogens is 307 g/mol. The molecule has 0 saturated carbocycles. The summed E-state index contributed by atoms with van der Waals surface area (Å²) in [4.78, 5) is 12.5. The van der Waals surface area contributed by atoms with E-state index >= 15 is 0 Å². The summed E-state index contributed by atoms with van der Waals surface area (Å²) in [6, 6.07) is 8.72. The second-order valence-electron chi connectivity index (χ2n) is 4.67. The minimum atomic E-state index is -0.248. The van der Waals surface area contributed by atoms with Gasteiger partial charge in [-0.15, -0.1) is 0 Å².